The van der Waals surface area contributed by atoms with Crippen molar-refractivity contribution >= 4 is 0 Å². The van der Waals surface area contributed by atoms with Crippen molar-refractivity contribution in [1.29, 1.82) is 0 Å². The van der Waals surface area contributed by atoms with Gasteiger partial charge in [0.1, 0.15) is 5.82 Å². The first kappa shape index (κ1) is 13.3. The van der Waals surface area contributed by atoms with E-state index in [0.717, 1.165) is 25.9 Å². The van der Waals surface area contributed by atoms with Crippen LogP contribution in [0.5, 0.6) is 0 Å². The van der Waals surface area contributed by atoms with Crippen molar-refractivity contribution in [2.45, 2.75) is 31.7 Å². The zero-order chi connectivity index (χ0) is 14.0. The lowest BCUT2D eigenvalue weighted by Crippen LogP contribution is -2.39. The molecule has 0 amide bonds. The highest BCUT2D eigenvalue weighted by Crippen LogP contribution is 2.32. The van der Waals surface area contributed by atoms with E-state index in [4.69, 9.17) is 0 Å². The molecule has 3 rings (SSSR count). The minimum absolute atomic E-state index is 0.132. The van der Waals surface area contributed by atoms with Crippen LogP contribution in [-0.4, -0.2) is 22.6 Å². The van der Waals surface area contributed by atoms with Crippen LogP contribution in [-0.2, 0) is 12.0 Å². The van der Waals surface area contributed by atoms with Crippen LogP contribution in [0.3, 0.4) is 0 Å². The van der Waals surface area contributed by atoms with Gasteiger partial charge in [0.05, 0.1) is 12.9 Å². The fourth-order valence-electron chi connectivity index (χ4n) is 2.99. The number of hydrogen-bond donors (Lipinski definition) is 1. The Kier molecular flexibility index (Phi) is 3.57. The van der Waals surface area contributed by atoms with E-state index in [0.29, 0.717) is 12.1 Å². The van der Waals surface area contributed by atoms with Gasteiger partial charge in [0.2, 0.25) is 0 Å². The maximum atomic E-state index is 13.8. The van der Waals surface area contributed by atoms with Crippen molar-refractivity contribution < 1.29 is 4.39 Å². The summed E-state index contributed by atoms with van der Waals surface area (Å²) in [7, 11) is 0. The predicted octanol–water partition coefficient (Wildman–Crippen LogP) is 2.71. The van der Waals surface area contributed by atoms with E-state index in [2.05, 4.69) is 21.8 Å². The Labute approximate surface area is 118 Å². The Balaban J connectivity index is 1.89. The molecule has 0 aliphatic carbocycles. The van der Waals surface area contributed by atoms with Gasteiger partial charge in [-0.15, -0.1) is 0 Å². The highest BCUT2D eigenvalue weighted by molar-refractivity contribution is 5.21. The van der Waals surface area contributed by atoms with Gasteiger partial charge >= 0.3 is 0 Å². The maximum absolute atomic E-state index is 13.8. The van der Waals surface area contributed by atoms with E-state index in [1.807, 2.05) is 24.7 Å². The van der Waals surface area contributed by atoms with Crippen LogP contribution in [0.1, 0.15) is 31.0 Å². The molecule has 1 aliphatic heterocycles. The summed E-state index contributed by atoms with van der Waals surface area (Å²) in [5.41, 5.74) is 2.05. The van der Waals surface area contributed by atoms with Crippen molar-refractivity contribution in [3.05, 3.63) is 53.9 Å². The first-order valence-corrected chi connectivity index (χ1v) is 7.14. The summed E-state index contributed by atoms with van der Waals surface area (Å²) < 4.78 is 15.9. The maximum Gasteiger partial charge on any atom is 0.128 e. The van der Waals surface area contributed by atoms with E-state index < -0.39 is 0 Å². The van der Waals surface area contributed by atoms with Gasteiger partial charge in [-0.05, 0) is 32.0 Å². The molecule has 0 spiro atoms. The van der Waals surface area contributed by atoms with Gasteiger partial charge in [0.25, 0.3) is 0 Å². The Bertz CT molecular complexity index is 585. The average molecular weight is 273 g/mol. The Hall–Kier alpha value is -1.68. The molecule has 1 aromatic carbocycles. The van der Waals surface area contributed by atoms with E-state index in [9.17, 15) is 4.39 Å². The van der Waals surface area contributed by atoms with E-state index in [1.54, 1.807) is 6.07 Å². The van der Waals surface area contributed by atoms with Crippen molar-refractivity contribution in [1.82, 2.24) is 14.9 Å². The molecular weight excluding hydrogens is 253 g/mol. The van der Waals surface area contributed by atoms with E-state index in [-0.39, 0.29) is 11.2 Å². The molecule has 1 aromatic heterocycles. The van der Waals surface area contributed by atoms with Gasteiger partial charge in [-0.3, -0.25) is 0 Å². The van der Waals surface area contributed by atoms with E-state index in [1.165, 1.54) is 11.8 Å². The summed E-state index contributed by atoms with van der Waals surface area (Å²) in [5.74, 6) is -0.150. The van der Waals surface area contributed by atoms with Gasteiger partial charge in [0.15, 0.2) is 0 Å². The zero-order valence-electron chi connectivity index (χ0n) is 11.8. The van der Waals surface area contributed by atoms with Crippen molar-refractivity contribution in [3.8, 4) is 0 Å². The first-order chi connectivity index (χ1) is 9.69. The Morgan fingerprint density at radius 3 is 2.80 bits per heavy atom. The topological polar surface area (TPSA) is 29.9 Å². The number of piperidine rings is 1. The molecule has 0 atom stereocenters. The van der Waals surface area contributed by atoms with Crippen LogP contribution in [0.15, 0.2) is 36.8 Å². The number of nitrogens with one attached hydrogen (secondary N) is 1. The number of benzene rings is 1. The molecule has 2 aromatic rings. The lowest BCUT2D eigenvalue weighted by molar-refractivity contribution is 0.318. The summed E-state index contributed by atoms with van der Waals surface area (Å²) in [6.07, 6.45) is 5.94. The number of aromatic nitrogens is 2. The molecule has 0 bridgehead atoms. The highest BCUT2D eigenvalue weighted by Gasteiger charge is 2.31. The van der Waals surface area contributed by atoms with Crippen LogP contribution in [0, 0.1) is 5.82 Å². The second-order valence-electron chi connectivity index (χ2n) is 5.81. The summed E-state index contributed by atoms with van der Waals surface area (Å²) >= 11 is 0. The molecule has 4 heteroatoms. The number of nitrogens with zero attached hydrogens (tertiary/aromatic N) is 2. The number of imidazole rings is 1. The van der Waals surface area contributed by atoms with Crippen LogP contribution >= 0.6 is 0 Å². The minimum atomic E-state index is -0.150. The lowest BCUT2D eigenvalue weighted by Gasteiger charge is -2.34. The molecule has 2 heterocycles. The van der Waals surface area contributed by atoms with Crippen LogP contribution in [0.4, 0.5) is 4.39 Å². The second kappa shape index (κ2) is 5.37. The predicted molar refractivity (Wildman–Crippen MR) is 77.2 cm³/mol. The number of hydrogen-bond acceptors (Lipinski definition) is 2. The van der Waals surface area contributed by atoms with Crippen LogP contribution < -0.4 is 5.32 Å². The van der Waals surface area contributed by atoms with Crippen molar-refractivity contribution in [2.75, 3.05) is 13.1 Å². The summed E-state index contributed by atoms with van der Waals surface area (Å²) in [6.45, 7) is 4.89. The van der Waals surface area contributed by atoms with Crippen molar-refractivity contribution in [2.24, 2.45) is 0 Å². The first-order valence-electron chi connectivity index (χ1n) is 7.14. The fraction of sp³-hybridized carbons (Fsp3) is 0.438. The molecular formula is C16H20FN3. The molecule has 106 valence electrons. The largest absolute Gasteiger partial charge is 0.330 e. The average Bonchev–Trinajstić information content (AvgIpc) is 2.91. The SMILES string of the molecule is CC1(c2cncn2Cc2ccccc2F)CCNCC1. The standard InChI is InChI=1S/C16H20FN3/c1-16(6-8-18-9-7-16)15-10-19-12-20(15)11-13-4-2-3-5-14(13)17/h2-5,10,12,18H,6-9,11H2,1H3. The summed E-state index contributed by atoms with van der Waals surface area (Å²) in [5, 5.41) is 3.39. The molecule has 0 saturated carbocycles. The minimum Gasteiger partial charge on any atom is -0.330 e. The van der Waals surface area contributed by atoms with E-state index >= 15 is 0 Å². The van der Waals surface area contributed by atoms with Gasteiger partial charge < -0.3 is 9.88 Å². The number of halogens is 1. The van der Waals surface area contributed by atoms with Gasteiger partial charge in [-0.25, -0.2) is 9.37 Å². The van der Waals surface area contributed by atoms with Crippen molar-refractivity contribution in [3.63, 3.8) is 0 Å². The second-order valence-corrected chi connectivity index (χ2v) is 5.81. The van der Waals surface area contributed by atoms with Gasteiger partial charge in [-0.2, -0.15) is 0 Å². The molecule has 0 unspecified atom stereocenters. The highest BCUT2D eigenvalue weighted by atomic mass is 19.1. The van der Waals surface area contributed by atoms with Crippen LogP contribution in [0.2, 0.25) is 0 Å². The molecule has 0 radical (unpaired) electrons. The van der Waals surface area contributed by atoms with Gasteiger partial charge in [0, 0.05) is 22.9 Å². The normalized spacial score (nSPS) is 18.1. The Morgan fingerprint density at radius 1 is 1.30 bits per heavy atom. The van der Waals surface area contributed by atoms with Gasteiger partial charge in [-0.1, -0.05) is 25.1 Å². The Morgan fingerprint density at radius 2 is 2.05 bits per heavy atom. The summed E-state index contributed by atoms with van der Waals surface area (Å²) in [6, 6.07) is 6.95. The monoisotopic (exact) mass is 273 g/mol. The molecule has 3 nitrogen and oxygen atoms in total. The third-order valence-electron chi connectivity index (χ3n) is 4.34. The molecule has 1 saturated heterocycles. The smallest absolute Gasteiger partial charge is 0.128 e. The third-order valence-corrected chi connectivity index (χ3v) is 4.34. The molecule has 20 heavy (non-hydrogen) atoms. The summed E-state index contributed by atoms with van der Waals surface area (Å²) in [4.78, 5) is 4.29. The molecule has 1 fully saturated rings. The lowest BCUT2D eigenvalue weighted by atomic mass is 9.78. The number of rotatable bonds is 3. The fourth-order valence-corrected chi connectivity index (χ4v) is 2.99. The van der Waals surface area contributed by atoms with Crippen LogP contribution in [0.25, 0.3) is 0 Å². The molecule has 1 aliphatic rings. The zero-order valence-corrected chi connectivity index (χ0v) is 11.8. The quantitative estimate of drug-likeness (QED) is 0.932. The molecule has 1 N–H and O–H groups in total. The third kappa shape index (κ3) is 2.48.